The molecule has 0 bridgehead atoms. The summed E-state index contributed by atoms with van der Waals surface area (Å²) in [5.74, 6) is 1.80. The third-order valence-corrected chi connectivity index (χ3v) is 5.82. The molecular formula is C22H18FN5O2. The van der Waals surface area contributed by atoms with E-state index in [1.165, 1.54) is 6.07 Å². The summed E-state index contributed by atoms with van der Waals surface area (Å²) in [7, 11) is 0. The zero-order valence-corrected chi connectivity index (χ0v) is 16.2. The Bertz CT molecular complexity index is 1300. The Morgan fingerprint density at radius 1 is 1.13 bits per heavy atom. The minimum atomic E-state index is -0.247. The van der Waals surface area contributed by atoms with Crippen molar-refractivity contribution >= 4 is 11.5 Å². The number of pyridine rings is 2. The summed E-state index contributed by atoms with van der Waals surface area (Å²) < 4.78 is 28.6. The van der Waals surface area contributed by atoms with E-state index in [-0.39, 0.29) is 11.7 Å². The fourth-order valence-corrected chi connectivity index (χ4v) is 4.35. The lowest BCUT2D eigenvalue weighted by molar-refractivity contribution is 0.249. The second-order valence-corrected chi connectivity index (χ2v) is 7.54. The average molecular weight is 403 g/mol. The highest BCUT2D eigenvalue weighted by atomic mass is 19.1. The number of nitrogens with zero attached hydrogens (tertiary/aromatic N) is 4. The van der Waals surface area contributed by atoms with Crippen molar-refractivity contribution in [2.75, 3.05) is 18.5 Å². The molecule has 0 fully saturated rings. The number of ether oxygens (including phenoxy) is 2. The highest BCUT2D eigenvalue weighted by Crippen LogP contribution is 2.42. The molecular weight excluding hydrogens is 385 g/mol. The molecule has 4 aromatic rings. The van der Waals surface area contributed by atoms with Gasteiger partial charge in [-0.25, -0.2) is 4.39 Å². The van der Waals surface area contributed by atoms with Gasteiger partial charge in [0.2, 0.25) is 0 Å². The first-order chi connectivity index (χ1) is 14.7. The van der Waals surface area contributed by atoms with Crippen LogP contribution in [0.2, 0.25) is 0 Å². The summed E-state index contributed by atoms with van der Waals surface area (Å²) in [6.45, 7) is 3.13. The minimum Gasteiger partial charge on any atom is -0.493 e. The molecule has 0 aliphatic carbocycles. The molecule has 5 heterocycles. The van der Waals surface area contributed by atoms with Gasteiger partial charge in [0.05, 0.1) is 19.1 Å². The number of rotatable bonds is 1. The number of anilines is 1. The van der Waals surface area contributed by atoms with Crippen molar-refractivity contribution in [3.63, 3.8) is 0 Å². The summed E-state index contributed by atoms with van der Waals surface area (Å²) in [4.78, 5) is 4.40. The first kappa shape index (κ1) is 17.2. The van der Waals surface area contributed by atoms with Crippen LogP contribution in [0.15, 0.2) is 42.9 Å². The predicted octanol–water partition coefficient (Wildman–Crippen LogP) is 3.72. The molecule has 2 aliphatic heterocycles. The number of aromatic nitrogens is 4. The molecule has 8 heteroatoms. The van der Waals surface area contributed by atoms with Gasteiger partial charge in [-0.1, -0.05) is 6.07 Å². The first-order valence-electron chi connectivity index (χ1n) is 9.80. The van der Waals surface area contributed by atoms with Crippen LogP contribution in [-0.4, -0.2) is 32.8 Å². The molecule has 1 aromatic carbocycles. The molecule has 1 atom stereocenters. The molecule has 0 saturated heterocycles. The second-order valence-electron chi connectivity index (χ2n) is 7.54. The molecule has 2 aliphatic rings. The van der Waals surface area contributed by atoms with E-state index in [2.05, 4.69) is 20.5 Å². The molecule has 6 rings (SSSR count). The van der Waals surface area contributed by atoms with Gasteiger partial charge >= 0.3 is 0 Å². The maximum absolute atomic E-state index is 14.7. The number of halogens is 1. The lowest BCUT2D eigenvalue weighted by Crippen LogP contribution is -2.13. The zero-order chi connectivity index (χ0) is 20.2. The Balaban J connectivity index is 1.54. The van der Waals surface area contributed by atoms with E-state index in [1.54, 1.807) is 18.6 Å². The van der Waals surface area contributed by atoms with Crippen LogP contribution >= 0.6 is 0 Å². The Labute approximate surface area is 171 Å². The van der Waals surface area contributed by atoms with E-state index < -0.39 is 0 Å². The Hall–Kier alpha value is -3.68. The number of benzene rings is 1. The second kappa shape index (κ2) is 6.41. The summed E-state index contributed by atoms with van der Waals surface area (Å²) in [6, 6.07) is 9.01. The minimum absolute atomic E-state index is 0.0290. The van der Waals surface area contributed by atoms with Crippen LogP contribution in [0.5, 0.6) is 11.5 Å². The highest BCUT2D eigenvalue weighted by Gasteiger charge is 2.31. The van der Waals surface area contributed by atoms with Crippen molar-refractivity contribution < 1.29 is 13.9 Å². The molecule has 30 heavy (non-hydrogen) atoms. The van der Waals surface area contributed by atoms with Gasteiger partial charge in [-0.05, 0) is 31.2 Å². The zero-order valence-electron chi connectivity index (χ0n) is 16.2. The third-order valence-electron chi connectivity index (χ3n) is 5.82. The molecule has 0 radical (unpaired) electrons. The van der Waals surface area contributed by atoms with Crippen molar-refractivity contribution in [2.24, 2.45) is 0 Å². The molecule has 0 spiro atoms. The van der Waals surface area contributed by atoms with Crippen molar-refractivity contribution in [3.05, 3.63) is 65.5 Å². The Morgan fingerprint density at radius 2 is 2.00 bits per heavy atom. The summed E-state index contributed by atoms with van der Waals surface area (Å²) in [5.41, 5.74) is 4.91. The molecule has 150 valence electrons. The van der Waals surface area contributed by atoms with Gasteiger partial charge in [-0.15, -0.1) is 10.2 Å². The predicted molar refractivity (Wildman–Crippen MR) is 108 cm³/mol. The summed E-state index contributed by atoms with van der Waals surface area (Å²) >= 11 is 0. The number of aryl methyl sites for hydroxylation is 1. The van der Waals surface area contributed by atoms with Gasteiger partial charge in [0.25, 0.3) is 0 Å². The van der Waals surface area contributed by atoms with Crippen LogP contribution in [0.3, 0.4) is 0 Å². The highest BCUT2D eigenvalue weighted by molar-refractivity contribution is 5.82. The van der Waals surface area contributed by atoms with E-state index in [4.69, 9.17) is 9.47 Å². The molecule has 3 aromatic heterocycles. The van der Waals surface area contributed by atoms with Crippen LogP contribution in [-0.2, 0) is 6.54 Å². The number of fused-ring (bicyclic) bond motifs is 3. The summed E-state index contributed by atoms with van der Waals surface area (Å²) in [6.07, 6.45) is 3.40. The molecule has 7 nitrogen and oxygen atoms in total. The largest absolute Gasteiger partial charge is 0.493 e. The van der Waals surface area contributed by atoms with Crippen molar-refractivity contribution in [1.29, 1.82) is 0 Å². The maximum atomic E-state index is 14.7. The molecule has 0 unspecified atom stereocenters. The van der Waals surface area contributed by atoms with Crippen LogP contribution in [0.25, 0.3) is 16.8 Å². The topological polar surface area (TPSA) is 73.6 Å². The Morgan fingerprint density at radius 3 is 2.87 bits per heavy atom. The maximum Gasteiger partial charge on any atom is 0.170 e. The number of hydrogen-bond acceptors (Lipinski definition) is 6. The quantitative estimate of drug-likeness (QED) is 0.522. The standard InChI is InChI=1S/C22H18FN5O2/c1-12-14(3-2-6-24-12)15-7-19-22(28-11-26-27-21(15)28)25-8-16-17(23)4-5-18-20(16)13(9-29-18)10-30-19/h2-7,11,13,25H,8-10H2,1H3/t13-/m0/s1. The molecule has 0 saturated carbocycles. The van der Waals surface area contributed by atoms with E-state index in [9.17, 15) is 4.39 Å². The number of hydrogen-bond donors (Lipinski definition) is 1. The van der Waals surface area contributed by atoms with Gasteiger partial charge in [-0.3, -0.25) is 9.38 Å². The lowest BCUT2D eigenvalue weighted by atomic mass is 9.96. The van der Waals surface area contributed by atoms with Gasteiger partial charge in [0, 0.05) is 40.7 Å². The Kier molecular flexibility index (Phi) is 3.68. The molecule has 0 amide bonds. The molecule has 1 N–H and O–H groups in total. The van der Waals surface area contributed by atoms with Crippen LogP contribution in [0, 0.1) is 12.7 Å². The van der Waals surface area contributed by atoms with Crippen LogP contribution in [0.4, 0.5) is 10.2 Å². The monoisotopic (exact) mass is 403 g/mol. The van der Waals surface area contributed by atoms with Gasteiger partial charge in [-0.2, -0.15) is 0 Å². The average Bonchev–Trinajstić information content (AvgIpc) is 3.40. The normalized spacial score (nSPS) is 17.1. The van der Waals surface area contributed by atoms with Gasteiger partial charge < -0.3 is 14.8 Å². The van der Waals surface area contributed by atoms with E-state index in [0.717, 1.165) is 28.1 Å². The van der Waals surface area contributed by atoms with Crippen molar-refractivity contribution in [3.8, 4) is 22.6 Å². The van der Waals surface area contributed by atoms with Crippen molar-refractivity contribution in [1.82, 2.24) is 19.6 Å². The van der Waals surface area contributed by atoms with Gasteiger partial charge in [0.15, 0.2) is 17.2 Å². The van der Waals surface area contributed by atoms with E-state index in [1.807, 2.05) is 29.5 Å². The first-order valence-corrected chi connectivity index (χ1v) is 9.80. The fraction of sp³-hybridized carbons (Fsp3) is 0.227. The van der Waals surface area contributed by atoms with Gasteiger partial charge in [0.1, 0.15) is 17.9 Å². The summed E-state index contributed by atoms with van der Waals surface area (Å²) in [5, 5.41) is 11.8. The van der Waals surface area contributed by atoms with E-state index in [0.29, 0.717) is 42.5 Å². The smallest absolute Gasteiger partial charge is 0.170 e. The third kappa shape index (κ3) is 2.46. The fourth-order valence-electron chi connectivity index (χ4n) is 4.35. The number of nitrogens with one attached hydrogen (secondary N) is 1. The van der Waals surface area contributed by atoms with Crippen LogP contribution < -0.4 is 14.8 Å². The lowest BCUT2D eigenvalue weighted by Gasteiger charge is -2.17. The van der Waals surface area contributed by atoms with Crippen LogP contribution in [0.1, 0.15) is 22.7 Å². The van der Waals surface area contributed by atoms with E-state index >= 15 is 0 Å². The SMILES string of the molecule is Cc1ncccc1-c1cc2c(n3cnnc13)NCc1c(F)ccc3c1[C@@H](CO3)CO2. The van der Waals surface area contributed by atoms with Crippen molar-refractivity contribution in [2.45, 2.75) is 19.4 Å².